The predicted octanol–water partition coefficient (Wildman–Crippen LogP) is 5.78. The Labute approximate surface area is 283 Å². The van der Waals surface area contributed by atoms with Crippen LogP contribution in [-0.2, 0) is 19.2 Å². The standard InChI is InChI=1S/C38H50N4O6/c1-3-5-7-9-11-13-23-47-27-19-15-25(16-20-27)31-29-33(37(45)39-35(29)43)42-32(30-34(41(31)42)38(46)40-36(30)44)26-17-21-28(22-18-26)48-24-14-12-10-8-6-4-2/h15-22,29-34H,3-14,23-24H2,1-2H3,(H,39,43,45)(H,40,44,46)/t29-,30-,31+,32+,33-,34+/m0/s1. The van der Waals surface area contributed by atoms with Gasteiger partial charge in [-0.05, 0) is 48.2 Å². The SMILES string of the molecule is CCCCCCCCOc1ccc([C@@H]2[C@@H]3C(=O)NC(=O)[C@@H]3N3[C@H](c4ccc(OCCCCCCCC)cc4)[C@@H]4C(=O)NC(=O)[C@H]4N23)cc1. The smallest absolute Gasteiger partial charge is 0.246 e. The first kappa shape index (κ1) is 34.1. The minimum atomic E-state index is -0.842. The van der Waals surface area contributed by atoms with E-state index in [0.29, 0.717) is 13.2 Å². The Morgan fingerprint density at radius 3 is 1.21 bits per heavy atom. The number of hydrogen-bond acceptors (Lipinski definition) is 8. The molecule has 6 rings (SSSR count). The summed E-state index contributed by atoms with van der Waals surface area (Å²) < 4.78 is 12.0. The van der Waals surface area contributed by atoms with E-state index in [9.17, 15) is 19.2 Å². The van der Waals surface area contributed by atoms with E-state index in [1.807, 2.05) is 58.5 Å². The summed E-state index contributed by atoms with van der Waals surface area (Å²) in [4.78, 5) is 53.5. The fourth-order valence-corrected chi connectivity index (χ4v) is 8.01. The molecule has 4 fully saturated rings. The van der Waals surface area contributed by atoms with Crippen LogP contribution in [-0.4, -0.2) is 58.9 Å². The molecule has 4 amide bonds. The molecule has 10 heteroatoms. The van der Waals surface area contributed by atoms with Gasteiger partial charge in [0.05, 0.1) is 37.1 Å². The lowest BCUT2D eigenvalue weighted by atomic mass is 9.84. The molecule has 4 heterocycles. The lowest BCUT2D eigenvalue weighted by molar-refractivity contribution is -0.139. The van der Waals surface area contributed by atoms with Crippen LogP contribution in [0.5, 0.6) is 11.5 Å². The zero-order valence-corrected chi connectivity index (χ0v) is 28.3. The molecule has 0 saturated carbocycles. The van der Waals surface area contributed by atoms with Crippen molar-refractivity contribution in [3.8, 4) is 11.5 Å². The quantitative estimate of drug-likeness (QED) is 0.153. The fraction of sp³-hybridized carbons (Fsp3) is 0.579. The largest absolute Gasteiger partial charge is 0.494 e. The Morgan fingerprint density at radius 2 is 0.833 bits per heavy atom. The van der Waals surface area contributed by atoms with Gasteiger partial charge in [0.1, 0.15) is 23.6 Å². The maximum absolute atomic E-state index is 13.4. The molecule has 2 aromatic rings. The highest BCUT2D eigenvalue weighted by Crippen LogP contribution is 2.57. The van der Waals surface area contributed by atoms with E-state index in [2.05, 4.69) is 24.5 Å². The molecule has 4 aliphatic heterocycles. The number of hydrazine groups is 1. The predicted molar refractivity (Wildman–Crippen MR) is 181 cm³/mol. The third-order valence-electron chi connectivity index (χ3n) is 10.4. The lowest BCUT2D eigenvalue weighted by Crippen LogP contribution is -2.48. The second-order valence-corrected chi connectivity index (χ2v) is 13.7. The average molecular weight is 659 g/mol. The molecule has 0 bridgehead atoms. The minimum Gasteiger partial charge on any atom is -0.494 e. The number of rotatable bonds is 18. The second kappa shape index (κ2) is 15.6. The number of carbonyl (C=O) groups excluding carboxylic acids is 4. The molecule has 0 aliphatic carbocycles. The summed E-state index contributed by atoms with van der Waals surface area (Å²) in [5, 5.41) is 8.75. The molecule has 0 radical (unpaired) electrons. The molecule has 10 nitrogen and oxygen atoms in total. The molecule has 2 aromatic carbocycles. The van der Waals surface area contributed by atoms with Gasteiger partial charge in [-0.2, -0.15) is 0 Å². The normalized spacial score (nSPS) is 26.4. The van der Waals surface area contributed by atoms with E-state index in [1.54, 1.807) is 0 Å². The van der Waals surface area contributed by atoms with E-state index < -0.39 is 47.8 Å². The Morgan fingerprint density at radius 1 is 0.479 bits per heavy atom. The number of carbonyl (C=O) groups is 4. The number of fused-ring (bicyclic) bond motifs is 5. The summed E-state index contributed by atoms with van der Waals surface area (Å²) in [6, 6.07) is 12.3. The van der Waals surface area contributed by atoms with Gasteiger partial charge in [-0.3, -0.25) is 29.8 Å². The van der Waals surface area contributed by atoms with Gasteiger partial charge < -0.3 is 9.47 Å². The summed E-state index contributed by atoms with van der Waals surface area (Å²) in [5.74, 6) is -1.57. The fourth-order valence-electron chi connectivity index (χ4n) is 8.01. The van der Waals surface area contributed by atoms with E-state index in [4.69, 9.17) is 9.47 Å². The summed E-state index contributed by atoms with van der Waals surface area (Å²) in [5.41, 5.74) is 1.57. The minimum absolute atomic E-state index is 0.369. The number of imide groups is 2. The van der Waals surface area contributed by atoms with Gasteiger partial charge in [0, 0.05) is 0 Å². The van der Waals surface area contributed by atoms with Gasteiger partial charge in [-0.25, -0.2) is 10.0 Å². The molecule has 4 aliphatic rings. The van der Waals surface area contributed by atoms with Crippen LogP contribution in [0.15, 0.2) is 48.5 Å². The zero-order chi connectivity index (χ0) is 33.6. The monoisotopic (exact) mass is 658 g/mol. The van der Waals surface area contributed by atoms with Gasteiger partial charge in [0.2, 0.25) is 23.6 Å². The maximum Gasteiger partial charge on any atom is 0.246 e. The number of amides is 4. The third-order valence-corrected chi connectivity index (χ3v) is 10.4. The number of benzene rings is 2. The molecule has 0 unspecified atom stereocenters. The highest BCUT2D eigenvalue weighted by atomic mass is 16.5. The Hall–Kier alpha value is -3.76. The lowest BCUT2D eigenvalue weighted by Gasteiger charge is -2.33. The van der Waals surface area contributed by atoms with Gasteiger partial charge in [-0.1, -0.05) is 102 Å². The summed E-state index contributed by atoms with van der Waals surface area (Å²) in [6.45, 7) is 5.68. The average Bonchev–Trinajstić information content (AvgIpc) is 3.78. The first-order chi connectivity index (χ1) is 23.4. The van der Waals surface area contributed by atoms with Crippen molar-refractivity contribution in [2.75, 3.05) is 13.2 Å². The molecule has 0 spiro atoms. The van der Waals surface area contributed by atoms with Crippen molar-refractivity contribution < 1.29 is 28.7 Å². The molecule has 2 N–H and O–H groups in total. The second-order valence-electron chi connectivity index (χ2n) is 13.7. The Bertz CT molecular complexity index is 1340. The van der Waals surface area contributed by atoms with Gasteiger partial charge in [-0.15, -0.1) is 0 Å². The molecule has 258 valence electrons. The van der Waals surface area contributed by atoms with Crippen LogP contribution in [0.4, 0.5) is 0 Å². The van der Waals surface area contributed by atoms with Crippen molar-refractivity contribution >= 4 is 23.6 Å². The molecular formula is C38H50N4O6. The molecule has 6 atom stereocenters. The number of nitrogens with one attached hydrogen (secondary N) is 2. The topological polar surface area (TPSA) is 117 Å². The highest BCUT2D eigenvalue weighted by Gasteiger charge is 2.71. The Kier molecular flexibility index (Phi) is 11.1. The van der Waals surface area contributed by atoms with Crippen molar-refractivity contribution in [3.05, 3.63) is 59.7 Å². The maximum atomic E-state index is 13.4. The molecule has 0 aromatic heterocycles. The van der Waals surface area contributed by atoms with Crippen molar-refractivity contribution in [2.24, 2.45) is 11.8 Å². The van der Waals surface area contributed by atoms with E-state index in [0.717, 1.165) is 48.3 Å². The van der Waals surface area contributed by atoms with E-state index in [-0.39, 0.29) is 11.8 Å². The van der Waals surface area contributed by atoms with Gasteiger partial charge in [0.25, 0.3) is 0 Å². The van der Waals surface area contributed by atoms with Crippen molar-refractivity contribution in [2.45, 2.75) is 115 Å². The number of ether oxygens (including phenoxy) is 2. The molecule has 48 heavy (non-hydrogen) atoms. The Balaban J connectivity index is 1.20. The highest BCUT2D eigenvalue weighted by molar-refractivity contribution is 6.10. The number of hydrogen-bond donors (Lipinski definition) is 2. The van der Waals surface area contributed by atoms with Gasteiger partial charge in [0.15, 0.2) is 0 Å². The van der Waals surface area contributed by atoms with Crippen LogP contribution >= 0.6 is 0 Å². The van der Waals surface area contributed by atoms with Crippen molar-refractivity contribution in [1.29, 1.82) is 0 Å². The van der Waals surface area contributed by atoms with Crippen LogP contribution in [0.2, 0.25) is 0 Å². The first-order valence-electron chi connectivity index (χ1n) is 18.2. The number of nitrogens with zero attached hydrogens (tertiary/aromatic N) is 2. The van der Waals surface area contributed by atoms with Crippen molar-refractivity contribution in [1.82, 2.24) is 20.7 Å². The molecule has 4 saturated heterocycles. The van der Waals surface area contributed by atoms with E-state index in [1.165, 1.54) is 51.4 Å². The van der Waals surface area contributed by atoms with Crippen LogP contribution in [0.25, 0.3) is 0 Å². The zero-order valence-electron chi connectivity index (χ0n) is 28.3. The van der Waals surface area contributed by atoms with Crippen molar-refractivity contribution in [3.63, 3.8) is 0 Å². The first-order valence-corrected chi connectivity index (χ1v) is 18.2. The summed E-state index contributed by atoms with van der Waals surface area (Å²) in [7, 11) is 0. The number of unbranched alkanes of at least 4 members (excludes halogenated alkanes) is 10. The van der Waals surface area contributed by atoms with E-state index >= 15 is 0 Å². The van der Waals surface area contributed by atoms with Crippen LogP contribution in [0.1, 0.15) is 114 Å². The van der Waals surface area contributed by atoms with Crippen LogP contribution < -0.4 is 20.1 Å². The molecular weight excluding hydrogens is 608 g/mol. The van der Waals surface area contributed by atoms with Crippen LogP contribution in [0.3, 0.4) is 0 Å². The third kappa shape index (κ3) is 6.87. The summed E-state index contributed by atoms with van der Waals surface area (Å²) >= 11 is 0. The van der Waals surface area contributed by atoms with Gasteiger partial charge >= 0.3 is 0 Å². The van der Waals surface area contributed by atoms with Crippen LogP contribution in [0, 0.1) is 11.8 Å². The summed E-state index contributed by atoms with van der Waals surface area (Å²) in [6.07, 6.45) is 14.2.